The number of rotatable bonds is 5. The Morgan fingerprint density at radius 2 is 2.16 bits per heavy atom. The van der Waals surface area contributed by atoms with Crippen LogP contribution >= 0.6 is 0 Å². The number of carbonyl (C=O) groups is 1. The van der Waals surface area contributed by atoms with Crippen molar-refractivity contribution in [2.24, 2.45) is 11.3 Å². The van der Waals surface area contributed by atoms with Crippen molar-refractivity contribution in [2.75, 3.05) is 17.6 Å². The van der Waals surface area contributed by atoms with Crippen LogP contribution in [0.3, 0.4) is 0 Å². The molecular weight excluding hydrogens is 240 g/mol. The Bertz CT molecular complexity index is 531. The summed E-state index contributed by atoms with van der Waals surface area (Å²) in [5.41, 5.74) is 8.54. The molecule has 4 N–H and O–H groups in total. The summed E-state index contributed by atoms with van der Waals surface area (Å²) in [5.74, 6) is -0.0681. The number of carboxylic acids is 1. The minimum absolute atomic E-state index is 0.193. The van der Waals surface area contributed by atoms with Crippen LogP contribution in [0.4, 0.5) is 11.4 Å². The molecular formula is C15H20N2O2. The van der Waals surface area contributed by atoms with E-state index in [1.807, 2.05) is 13.0 Å². The number of nitrogens with one attached hydrogen (secondary N) is 1. The molecule has 0 spiro atoms. The highest BCUT2D eigenvalue weighted by Crippen LogP contribution is 2.61. The number of carboxylic acid groups (broad SMARTS) is 1. The van der Waals surface area contributed by atoms with E-state index in [9.17, 15) is 4.79 Å². The van der Waals surface area contributed by atoms with Crippen molar-refractivity contribution in [2.45, 2.75) is 32.6 Å². The van der Waals surface area contributed by atoms with Crippen molar-refractivity contribution >= 4 is 17.3 Å². The zero-order valence-electron chi connectivity index (χ0n) is 11.2. The molecule has 0 amide bonds. The van der Waals surface area contributed by atoms with Crippen molar-refractivity contribution < 1.29 is 9.90 Å². The van der Waals surface area contributed by atoms with Gasteiger partial charge in [-0.25, -0.2) is 4.79 Å². The Labute approximate surface area is 113 Å². The van der Waals surface area contributed by atoms with Crippen LogP contribution in [0.15, 0.2) is 12.1 Å². The van der Waals surface area contributed by atoms with Crippen LogP contribution in [0, 0.1) is 18.3 Å². The molecule has 0 aliphatic heterocycles. The molecule has 0 heterocycles. The van der Waals surface area contributed by atoms with Gasteiger partial charge in [-0.2, -0.15) is 0 Å². The zero-order valence-corrected chi connectivity index (χ0v) is 11.2. The number of anilines is 2. The molecule has 2 fully saturated rings. The van der Waals surface area contributed by atoms with Crippen molar-refractivity contribution in [1.29, 1.82) is 0 Å². The van der Waals surface area contributed by atoms with Gasteiger partial charge in [-0.1, -0.05) is 0 Å². The van der Waals surface area contributed by atoms with E-state index in [1.165, 1.54) is 25.7 Å². The van der Waals surface area contributed by atoms with Crippen LogP contribution in [0.25, 0.3) is 0 Å². The van der Waals surface area contributed by atoms with E-state index in [4.69, 9.17) is 10.8 Å². The number of nitrogens with two attached hydrogens (primary N) is 1. The fourth-order valence-corrected chi connectivity index (χ4v) is 2.94. The predicted octanol–water partition coefficient (Wildman–Crippen LogP) is 2.88. The Morgan fingerprint density at radius 1 is 1.47 bits per heavy atom. The standard InChI is InChI=1S/C15H20N2O2/c1-9-6-11(7-12(13(9)16)14(18)19)17-8-15(4-5-15)10-2-3-10/h6-7,10,17H,2-5,8,16H2,1H3,(H,18,19). The number of hydrogen-bond donors (Lipinski definition) is 3. The molecule has 0 unspecified atom stereocenters. The first-order valence-corrected chi connectivity index (χ1v) is 6.89. The van der Waals surface area contributed by atoms with E-state index >= 15 is 0 Å². The van der Waals surface area contributed by atoms with Gasteiger partial charge in [-0.05, 0) is 61.6 Å². The minimum atomic E-state index is -0.965. The first-order chi connectivity index (χ1) is 9.02. The molecule has 2 saturated carbocycles. The second kappa shape index (κ2) is 4.15. The summed E-state index contributed by atoms with van der Waals surface area (Å²) < 4.78 is 0. The Morgan fingerprint density at radius 3 is 2.68 bits per heavy atom. The van der Waals surface area contributed by atoms with Crippen LogP contribution in [-0.2, 0) is 0 Å². The topological polar surface area (TPSA) is 75.3 Å². The lowest BCUT2D eigenvalue weighted by Gasteiger charge is -2.17. The average molecular weight is 260 g/mol. The number of hydrogen-bond acceptors (Lipinski definition) is 3. The molecule has 3 rings (SSSR count). The van der Waals surface area contributed by atoms with Gasteiger partial charge < -0.3 is 16.2 Å². The molecule has 0 aromatic heterocycles. The summed E-state index contributed by atoms with van der Waals surface area (Å²) in [6.45, 7) is 2.81. The monoisotopic (exact) mass is 260 g/mol. The first kappa shape index (κ1) is 12.3. The van der Waals surface area contributed by atoms with E-state index in [1.54, 1.807) is 6.07 Å². The molecule has 4 nitrogen and oxygen atoms in total. The highest BCUT2D eigenvalue weighted by Gasteiger charge is 2.53. The highest BCUT2D eigenvalue weighted by molar-refractivity contribution is 5.95. The molecule has 0 radical (unpaired) electrons. The summed E-state index contributed by atoms with van der Waals surface area (Å²) >= 11 is 0. The average Bonchev–Trinajstić information content (AvgIpc) is 3.23. The molecule has 0 atom stereocenters. The minimum Gasteiger partial charge on any atom is -0.478 e. The Balaban J connectivity index is 1.75. The SMILES string of the molecule is Cc1cc(NCC2(C3CC3)CC2)cc(C(=O)O)c1N. The predicted molar refractivity (Wildman–Crippen MR) is 75.4 cm³/mol. The number of aryl methyl sites for hydroxylation is 1. The smallest absolute Gasteiger partial charge is 0.337 e. The van der Waals surface area contributed by atoms with Gasteiger partial charge in [0.05, 0.1) is 5.56 Å². The summed E-state index contributed by atoms with van der Waals surface area (Å²) in [4.78, 5) is 11.2. The molecule has 2 aliphatic rings. The highest BCUT2D eigenvalue weighted by atomic mass is 16.4. The number of benzene rings is 1. The second-order valence-electron chi connectivity index (χ2n) is 6.05. The molecule has 0 saturated heterocycles. The van der Waals surface area contributed by atoms with E-state index in [2.05, 4.69) is 5.32 Å². The molecule has 2 aliphatic carbocycles. The quantitative estimate of drug-likeness (QED) is 0.712. The zero-order chi connectivity index (χ0) is 13.6. The van der Waals surface area contributed by atoms with Crippen molar-refractivity contribution in [3.63, 3.8) is 0 Å². The third kappa shape index (κ3) is 2.27. The van der Waals surface area contributed by atoms with Gasteiger partial charge >= 0.3 is 5.97 Å². The largest absolute Gasteiger partial charge is 0.478 e. The molecule has 102 valence electrons. The summed E-state index contributed by atoms with van der Waals surface area (Å²) in [6.07, 6.45) is 5.35. The number of aromatic carboxylic acids is 1. The van der Waals surface area contributed by atoms with Crippen LogP contribution < -0.4 is 11.1 Å². The van der Waals surface area contributed by atoms with Gasteiger partial charge in [0.2, 0.25) is 0 Å². The van der Waals surface area contributed by atoms with Crippen LogP contribution in [0.1, 0.15) is 41.6 Å². The third-order valence-corrected chi connectivity index (χ3v) is 4.60. The van der Waals surface area contributed by atoms with E-state index < -0.39 is 5.97 Å². The summed E-state index contributed by atoms with van der Waals surface area (Å²) in [5, 5.41) is 12.6. The third-order valence-electron chi connectivity index (χ3n) is 4.60. The van der Waals surface area contributed by atoms with E-state index in [0.29, 0.717) is 11.1 Å². The Kier molecular flexibility index (Phi) is 2.69. The maximum Gasteiger partial charge on any atom is 0.337 e. The fraction of sp³-hybridized carbons (Fsp3) is 0.533. The maximum absolute atomic E-state index is 11.2. The van der Waals surface area contributed by atoms with Crippen molar-refractivity contribution in [1.82, 2.24) is 0 Å². The Hall–Kier alpha value is -1.71. The van der Waals surface area contributed by atoms with Crippen LogP contribution in [0.2, 0.25) is 0 Å². The van der Waals surface area contributed by atoms with Crippen LogP contribution in [0.5, 0.6) is 0 Å². The van der Waals surface area contributed by atoms with E-state index in [-0.39, 0.29) is 5.56 Å². The lowest BCUT2D eigenvalue weighted by atomic mass is 10.00. The molecule has 1 aromatic rings. The van der Waals surface area contributed by atoms with Gasteiger partial charge in [-0.15, -0.1) is 0 Å². The summed E-state index contributed by atoms with van der Waals surface area (Å²) in [6, 6.07) is 3.58. The molecule has 19 heavy (non-hydrogen) atoms. The maximum atomic E-state index is 11.2. The van der Waals surface area contributed by atoms with Crippen LogP contribution in [-0.4, -0.2) is 17.6 Å². The van der Waals surface area contributed by atoms with Gasteiger partial charge in [0.1, 0.15) is 0 Å². The van der Waals surface area contributed by atoms with Crippen molar-refractivity contribution in [3.05, 3.63) is 23.3 Å². The van der Waals surface area contributed by atoms with E-state index in [0.717, 1.165) is 23.7 Å². The molecule has 1 aromatic carbocycles. The first-order valence-electron chi connectivity index (χ1n) is 6.89. The van der Waals surface area contributed by atoms with Gasteiger partial charge in [0.25, 0.3) is 0 Å². The molecule has 4 heteroatoms. The van der Waals surface area contributed by atoms with Gasteiger partial charge in [0.15, 0.2) is 0 Å². The fourth-order valence-electron chi connectivity index (χ4n) is 2.94. The lowest BCUT2D eigenvalue weighted by Crippen LogP contribution is -2.18. The van der Waals surface area contributed by atoms with Gasteiger partial charge in [-0.3, -0.25) is 0 Å². The lowest BCUT2D eigenvalue weighted by molar-refractivity contribution is 0.0698. The van der Waals surface area contributed by atoms with Gasteiger partial charge in [0, 0.05) is 17.9 Å². The number of nitrogen functional groups attached to an aromatic ring is 1. The van der Waals surface area contributed by atoms with Crippen molar-refractivity contribution in [3.8, 4) is 0 Å². The normalized spacial score (nSPS) is 20.1. The summed E-state index contributed by atoms with van der Waals surface area (Å²) in [7, 11) is 0. The molecule has 0 bridgehead atoms. The second-order valence-corrected chi connectivity index (χ2v) is 6.05.